The Labute approximate surface area is 210 Å². The zero-order chi connectivity index (χ0) is 25.4. The number of likely N-dealkylation sites (tertiary alicyclic amines) is 1. The summed E-state index contributed by atoms with van der Waals surface area (Å²) >= 11 is 0. The van der Waals surface area contributed by atoms with Gasteiger partial charge in [0.1, 0.15) is 17.2 Å². The molecule has 6 rings (SSSR count). The van der Waals surface area contributed by atoms with Gasteiger partial charge in [0.05, 0.1) is 5.92 Å². The highest BCUT2D eigenvalue weighted by Crippen LogP contribution is 2.32. The predicted molar refractivity (Wildman–Crippen MR) is 130 cm³/mol. The highest BCUT2D eigenvalue weighted by molar-refractivity contribution is 5.76. The van der Waals surface area contributed by atoms with Crippen LogP contribution >= 0.6 is 0 Å². The molecule has 0 bridgehead atoms. The highest BCUT2D eigenvalue weighted by Gasteiger charge is 2.32. The summed E-state index contributed by atoms with van der Waals surface area (Å²) in [5.74, 6) is -0.963. The number of carboxylic acid groups (broad SMARTS) is 1. The molecule has 2 aromatic carbocycles. The van der Waals surface area contributed by atoms with Crippen molar-refractivity contribution in [1.82, 2.24) is 35.0 Å². The van der Waals surface area contributed by atoms with Crippen LogP contribution in [0.25, 0.3) is 39.9 Å². The number of carboxylic acids is 1. The second-order valence-electron chi connectivity index (χ2n) is 8.74. The summed E-state index contributed by atoms with van der Waals surface area (Å²) in [7, 11) is 0. The molecule has 1 aliphatic heterocycles. The van der Waals surface area contributed by atoms with Gasteiger partial charge in [0, 0.05) is 43.2 Å². The number of hydrogen-bond donors (Lipinski definition) is 1. The first-order valence-electron chi connectivity index (χ1n) is 11.6. The van der Waals surface area contributed by atoms with Gasteiger partial charge in [-0.1, -0.05) is 46.8 Å². The van der Waals surface area contributed by atoms with Crippen molar-refractivity contribution < 1.29 is 18.8 Å². The Bertz CT molecular complexity index is 1560. The van der Waals surface area contributed by atoms with E-state index < -0.39 is 11.8 Å². The molecule has 184 valence electrons. The molecular weight excluding hydrogens is 477 g/mol. The minimum atomic E-state index is -0.750. The van der Waals surface area contributed by atoms with E-state index in [0.29, 0.717) is 42.4 Å². The molecule has 0 spiro atoms. The lowest BCUT2D eigenvalue weighted by Crippen LogP contribution is -2.49. The molecule has 0 aliphatic carbocycles. The Hall–Kier alpha value is -4.77. The molecule has 0 amide bonds. The summed E-state index contributed by atoms with van der Waals surface area (Å²) in [6.45, 7) is 1.79. The molecule has 37 heavy (non-hydrogen) atoms. The summed E-state index contributed by atoms with van der Waals surface area (Å²) in [5, 5.41) is 21.6. The lowest BCUT2D eigenvalue weighted by Gasteiger charge is -2.36. The van der Waals surface area contributed by atoms with Gasteiger partial charge in [-0.25, -0.2) is 9.07 Å². The van der Waals surface area contributed by atoms with Crippen LogP contribution in [0, 0.1) is 11.7 Å². The molecule has 11 heteroatoms. The Morgan fingerprint density at radius 2 is 1.78 bits per heavy atom. The monoisotopic (exact) mass is 497 g/mol. The second-order valence-corrected chi connectivity index (χ2v) is 8.74. The van der Waals surface area contributed by atoms with Crippen molar-refractivity contribution in [2.75, 3.05) is 13.1 Å². The van der Waals surface area contributed by atoms with Crippen LogP contribution in [0.5, 0.6) is 0 Å². The maximum Gasteiger partial charge on any atom is 0.309 e. The van der Waals surface area contributed by atoms with E-state index in [4.69, 9.17) is 9.63 Å². The summed E-state index contributed by atoms with van der Waals surface area (Å²) in [5.41, 5.74) is 3.56. The van der Waals surface area contributed by atoms with Crippen LogP contribution in [0.1, 0.15) is 5.56 Å². The van der Waals surface area contributed by atoms with Gasteiger partial charge < -0.3 is 9.63 Å². The van der Waals surface area contributed by atoms with E-state index in [1.54, 1.807) is 42.7 Å². The van der Waals surface area contributed by atoms with Crippen LogP contribution in [0.3, 0.4) is 0 Å². The number of para-hydroxylation sites is 1. The molecule has 0 saturated carbocycles. The lowest BCUT2D eigenvalue weighted by atomic mass is 9.99. The zero-order valence-corrected chi connectivity index (χ0v) is 19.4. The number of aliphatic carboxylic acids is 1. The molecule has 1 saturated heterocycles. The highest BCUT2D eigenvalue weighted by atomic mass is 19.1. The maximum atomic E-state index is 14.6. The predicted octanol–water partition coefficient (Wildman–Crippen LogP) is 3.70. The first-order valence-corrected chi connectivity index (χ1v) is 11.6. The van der Waals surface area contributed by atoms with E-state index >= 15 is 0 Å². The first kappa shape index (κ1) is 22.7. The third-order valence-corrected chi connectivity index (χ3v) is 6.26. The van der Waals surface area contributed by atoms with Gasteiger partial charge in [0.2, 0.25) is 5.82 Å². The van der Waals surface area contributed by atoms with Crippen LogP contribution < -0.4 is 0 Å². The van der Waals surface area contributed by atoms with E-state index in [2.05, 4.69) is 30.3 Å². The largest absolute Gasteiger partial charge is 0.481 e. The van der Waals surface area contributed by atoms with Gasteiger partial charge in [-0.15, -0.1) is 5.10 Å². The zero-order valence-electron chi connectivity index (χ0n) is 19.4. The standard InChI is InChI=1S/C26H20FN7O3/c27-20-3-1-2-4-21(20)34-23(17-9-11-28-12-10-17)22(30-32-34)25-29-24(31-37-25)18-7-5-16(6-8-18)13-33-14-19(15-33)26(35)36/h1-12,19H,13-15H2,(H,35,36). The van der Waals surface area contributed by atoms with Crippen molar-refractivity contribution in [2.24, 2.45) is 5.92 Å². The van der Waals surface area contributed by atoms with Crippen molar-refractivity contribution in [2.45, 2.75) is 6.54 Å². The fourth-order valence-corrected chi connectivity index (χ4v) is 4.30. The normalized spacial score (nSPS) is 14.0. The number of benzene rings is 2. The molecule has 1 N–H and O–H groups in total. The number of carbonyl (C=O) groups is 1. The second kappa shape index (κ2) is 9.36. The van der Waals surface area contributed by atoms with Crippen molar-refractivity contribution in [3.8, 4) is 39.9 Å². The van der Waals surface area contributed by atoms with Crippen LogP contribution in [-0.2, 0) is 11.3 Å². The van der Waals surface area contributed by atoms with Crippen molar-refractivity contribution in [1.29, 1.82) is 0 Å². The number of aromatic nitrogens is 6. The van der Waals surface area contributed by atoms with E-state index in [0.717, 1.165) is 11.1 Å². The SMILES string of the molecule is O=C(O)C1CN(Cc2ccc(-c3noc(-c4nnn(-c5ccccc5F)c4-c4ccncc4)n3)cc2)C1. The summed E-state index contributed by atoms with van der Waals surface area (Å²) < 4.78 is 21.6. The lowest BCUT2D eigenvalue weighted by molar-refractivity contribution is -0.147. The van der Waals surface area contributed by atoms with Gasteiger partial charge in [-0.05, 0) is 29.8 Å². The van der Waals surface area contributed by atoms with Crippen molar-refractivity contribution in [3.05, 3.63) is 84.4 Å². The molecule has 0 atom stereocenters. The minimum Gasteiger partial charge on any atom is -0.481 e. The van der Waals surface area contributed by atoms with Crippen LogP contribution in [0.4, 0.5) is 4.39 Å². The van der Waals surface area contributed by atoms with E-state index in [-0.39, 0.29) is 17.5 Å². The summed E-state index contributed by atoms with van der Waals surface area (Å²) in [4.78, 5) is 21.7. The Balaban J connectivity index is 1.29. The van der Waals surface area contributed by atoms with Crippen LogP contribution in [0.15, 0.2) is 77.6 Å². The molecule has 3 aromatic heterocycles. The van der Waals surface area contributed by atoms with Gasteiger partial charge in [-0.2, -0.15) is 4.98 Å². The molecule has 5 aromatic rings. The van der Waals surface area contributed by atoms with Crippen LogP contribution in [0.2, 0.25) is 0 Å². The molecule has 0 unspecified atom stereocenters. The fourth-order valence-electron chi connectivity index (χ4n) is 4.30. The number of nitrogens with zero attached hydrogens (tertiary/aromatic N) is 7. The Morgan fingerprint density at radius 1 is 1.03 bits per heavy atom. The molecular formula is C26H20FN7O3. The van der Waals surface area contributed by atoms with Gasteiger partial charge in [0.15, 0.2) is 5.69 Å². The number of hydrogen-bond acceptors (Lipinski definition) is 8. The average molecular weight is 497 g/mol. The van der Waals surface area contributed by atoms with E-state index in [1.165, 1.54) is 10.7 Å². The smallest absolute Gasteiger partial charge is 0.309 e. The quantitative estimate of drug-likeness (QED) is 0.358. The average Bonchev–Trinajstić information content (AvgIpc) is 3.55. The molecule has 4 heterocycles. The molecule has 1 aliphatic rings. The summed E-state index contributed by atoms with van der Waals surface area (Å²) in [6.07, 6.45) is 3.25. The molecule has 10 nitrogen and oxygen atoms in total. The van der Waals surface area contributed by atoms with E-state index in [1.807, 2.05) is 24.3 Å². The maximum absolute atomic E-state index is 14.6. The van der Waals surface area contributed by atoms with Crippen LogP contribution in [-0.4, -0.2) is 59.2 Å². The van der Waals surface area contributed by atoms with Crippen molar-refractivity contribution >= 4 is 5.97 Å². The Morgan fingerprint density at radius 3 is 2.51 bits per heavy atom. The van der Waals surface area contributed by atoms with Gasteiger partial charge in [-0.3, -0.25) is 14.7 Å². The Kier molecular flexibility index (Phi) is 5.73. The molecule has 1 fully saturated rings. The topological polar surface area (TPSA) is 123 Å². The third-order valence-electron chi connectivity index (χ3n) is 6.26. The number of rotatable bonds is 7. The fraction of sp³-hybridized carbons (Fsp3) is 0.154. The minimum absolute atomic E-state index is 0.147. The number of halogens is 1. The van der Waals surface area contributed by atoms with Gasteiger partial charge >= 0.3 is 5.97 Å². The number of pyridine rings is 1. The molecule has 0 radical (unpaired) electrons. The van der Waals surface area contributed by atoms with E-state index in [9.17, 15) is 9.18 Å². The van der Waals surface area contributed by atoms with Gasteiger partial charge in [0.25, 0.3) is 5.89 Å². The first-order chi connectivity index (χ1) is 18.1. The van der Waals surface area contributed by atoms with Crippen molar-refractivity contribution in [3.63, 3.8) is 0 Å². The third kappa shape index (κ3) is 4.36. The summed E-state index contributed by atoms with van der Waals surface area (Å²) in [6, 6.07) is 17.5.